The molecule has 3 rings (SSSR count). The number of fused-ring (bicyclic) bond motifs is 1. The Hall–Kier alpha value is -1.74. The highest BCUT2D eigenvalue weighted by atomic mass is 35.5. The first-order valence-electron chi connectivity index (χ1n) is 6.64. The molecule has 0 aliphatic carbocycles. The lowest BCUT2D eigenvalue weighted by molar-refractivity contribution is 0.270. The molecule has 20 heavy (non-hydrogen) atoms. The molecule has 0 saturated heterocycles. The molecule has 0 saturated carbocycles. The standard InChI is InChI=1S/C16H15ClFNO/c17-12-5-6-15(14(18)9-12)19-10-11-7-8-20-16-4-2-1-3-13(11)16/h1-6,9,11,19H,7-8,10H2. The summed E-state index contributed by atoms with van der Waals surface area (Å²) in [5.74, 6) is 0.940. The summed E-state index contributed by atoms with van der Waals surface area (Å²) < 4.78 is 19.4. The molecule has 1 N–H and O–H groups in total. The average molecular weight is 292 g/mol. The molecular formula is C16H15ClFNO. The van der Waals surface area contributed by atoms with Gasteiger partial charge in [0.15, 0.2) is 0 Å². The Bertz CT molecular complexity index is 617. The summed E-state index contributed by atoms with van der Waals surface area (Å²) in [5.41, 5.74) is 1.67. The molecule has 1 aliphatic rings. The molecule has 0 fully saturated rings. The van der Waals surface area contributed by atoms with Gasteiger partial charge in [0.05, 0.1) is 12.3 Å². The topological polar surface area (TPSA) is 21.3 Å². The van der Waals surface area contributed by atoms with Crippen molar-refractivity contribution in [3.63, 3.8) is 0 Å². The Morgan fingerprint density at radius 1 is 1.25 bits per heavy atom. The zero-order chi connectivity index (χ0) is 13.9. The predicted molar refractivity (Wildman–Crippen MR) is 79.2 cm³/mol. The number of anilines is 1. The summed E-state index contributed by atoms with van der Waals surface area (Å²) in [5, 5.41) is 3.57. The number of benzene rings is 2. The second-order valence-corrected chi connectivity index (χ2v) is 5.31. The monoisotopic (exact) mass is 291 g/mol. The third kappa shape index (κ3) is 2.73. The fourth-order valence-electron chi connectivity index (χ4n) is 2.49. The second-order valence-electron chi connectivity index (χ2n) is 4.88. The number of nitrogens with one attached hydrogen (secondary N) is 1. The molecule has 0 amide bonds. The van der Waals surface area contributed by atoms with Crippen LogP contribution in [0.3, 0.4) is 0 Å². The highest BCUT2D eigenvalue weighted by molar-refractivity contribution is 6.30. The molecule has 0 bridgehead atoms. The van der Waals surface area contributed by atoms with Crippen molar-refractivity contribution in [2.45, 2.75) is 12.3 Å². The van der Waals surface area contributed by atoms with E-state index >= 15 is 0 Å². The molecule has 4 heteroatoms. The van der Waals surface area contributed by atoms with E-state index in [1.807, 2.05) is 18.2 Å². The quantitative estimate of drug-likeness (QED) is 0.901. The van der Waals surface area contributed by atoms with E-state index in [0.29, 0.717) is 29.8 Å². The van der Waals surface area contributed by atoms with E-state index in [0.717, 1.165) is 12.2 Å². The van der Waals surface area contributed by atoms with Crippen LogP contribution < -0.4 is 10.1 Å². The number of hydrogen-bond acceptors (Lipinski definition) is 2. The fraction of sp³-hybridized carbons (Fsp3) is 0.250. The van der Waals surface area contributed by atoms with E-state index in [1.165, 1.54) is 11.6 Å². The first-order chi connectivity index (χ1) is 9.74. The molecule has 0 spiro atoms. The molecule has 1 heterocycles. The van der Waals surface area contributed by atoms with Crippen molar-refractivity contribution >= 4 is 17.3 Å². The van der Waals surface area contributed by atoms with Crippen molar-refractivity contribution in [1.82, 2.24) is 0 Å². The summed E-state index contributed by atoms with van der Waals surface area (Å²) in [6, 6.07) is 12.7. The van der Waals surface area contributed by atoms with Gasteiger partial charge in [0.25, 0.3) is 0 Å². The van der Waals surface area contributed by atoms with Gasteiger partial charge in [-0.05, 0) is 36.2 Å². The minimum atomic E-state index is -0.321. The normalized spacial score (nSPS) is 17.2. The maximum Gasteiger partial charge on any atom is 0.147 e. The lowest BCUT2D eigenvalue weighted by Crippen LogP contribution is -2.21. The molecule has 1 aliphatic heterocycles. The number of para-hydroxylation sites is 1. The zero-order valence-electron chi connectivity index (χ0n) is 10.9. The van der Waals surface area contributed by atoms with Gasteiger partial charge < -0.3 is 10.1 Å². The summed E-state index contributed by atoms with van der Waals surface area (Å²) in [4.78, 5) is 0. The van der Waals surface area contributed by atoms with Crippen LogP contribution in [-0.4, -0.2) is 13.2 Å². The minimum absolute atomic E-state index is 0.321. The Balaban J connectivity index is 1.73. The van der Waals surface area contributed by atoms with Crippen molar-refractivity contribution in [2.75, 3.05) is 18.5 Å². The van der Waals surface area contributed by atoms with Gasteiger partial charge in [-0.2, -0.15) is 0 Å². The molecule has 2 aromatic rings. The second kappa shape index (κ2) is 5.71. The van der Waals surface area contributed by atoms with Crippen LogP contribution in [0.25, 0.3) is 0 Å². The van der Waals surface area contributed by atoms with E-state index in [9.17, 15) is 4.39 Å². The number of ether oxygens (including phenoxy) is 1. The maximum atomic E-state index is 13.7. The summed E-state index contributed by atoms with van der Waals surface area (Å²) in [7, 11) is 0. The van der Waals surface area contributed by atoms with E-state index in [-0.39, 0.29) is 5.82 Å². The van der Waals surface area contributed by atoms with Gasteiger partial charge in [0.2, 0.25) is 0 Å². The van der Waals surface area contributed by atoms with E-state index in [2.05, 4.69) is 11.4 Å². The van der Waals surface area contributed by atoms with E-state index in [1.54, 1.807) is 12.1 Å². The van der Waals surface area contributed by atoms with Crippen molar-refractivity contribution in [3.05, 3.63) is 58.9 Å². The zero-order valence-corrected chi connectivity index (χ0v) is 11.7. The Kier molecular flexibility index (Phi) is 3.79. The summed E-state index contributed by atoms with van der Waals surface area (Å²) in [6.07, 6.45) is 0.930. The molecule has 0 aromatic heterocycles. The average Bonchev–Trinajstić information content (AvgIpc) is 2.46. The number of rotatable bonds is 3. The van der Waals surface area contributed by atoms with E-state index < -0.39 is 0 Å². The minimum Gasteiger partial charge on any atom is -0.493 e. The first kappa shape index (κ1) is 13.3. The van der Waals surface area contributed by atoms with Gasteiger partial charge in [-0.25, -0.2) is 4.39 Å². The maximum absolute atomic E-state index is 13.7. The molecular weight excluding hydrogens is 277 g/mol. The van der Waals surface area contributed by atoms with Crippen molar-refractivity contribution < 1.29 is 9.13 Å². The van der Waals surface area contributed by atoms with Crippen LogP contribution in [0.4, 0.5) is 10.1 Å². The predicted octanol–water partition coefficient (Wildman–Crippen LogP) is 4.46. The van der Waals surface area contributed by atoms with Gasteiger partial charge in [0.1, 0.15) is 11.6 Å². The van der Waals surface area contributed by atoms with Crippen LogP contribution in [-0.2, 0) is 0 Å². The molecule has 1 unspecified atom stereocenters. The summed E-state index contributed by atoms with van der Waals surface area (Å²) >= 11 is 5.75. The van der Waals surface area contributed by atoms with Crippen LogP contribution in [0, 0.1) is 5.82 Å². The highest BCUT2D eigenvalue weighted by Gasteiger charge is 2.20. The van der Waals surface area contributed by atoms with Gasteiger partial charge in [-0.15, -0.1) is 0 Å². The molecule has 104 valence electrons. The van der Waals surface area contributed by atoms with Crippen LogP contribution in [0.15, 0.2) is 42.5 Å². The van der Waals surface area contributed by atoms with Crippen LogP contribution in [0.5, 0.6) is 5.75 Å². The third-order valence-electron chi connectivity index (χ3n) is 3.55. The van der Waals surface area contributed by atoms with Crippen molar-refractivity contribution in [1.29, 1.82) is 0 Å². The van der Waals surface area contributed by atoms with Gasteiger partial charge in [-0.1, -0.05) is 29.8 Å². The Labute approximate surface area is 122 Å². The van der Waals surface area contributed by atoms with Gasteiger partial charge in [-0.3, -0.25) is 0 Å². The lowest BCUT2D eigenvalue weighted by atomic mass is 9.93. The molecule has 2 nitrogen and oxygen atoms in total. The SMILES string of the molecule is Fc1cc(Cl)ccc1NCC1CCOc2ccccc21. The molecule has 2 aromatic carbocycles. The van der Waals surface area contributed by atoms with Gasteiger partial charge in [0, 0.05) is 17.5 Å². The number of halogens is 2. The Morgan fingerprint density at radius 2 is 2.10 bits per heavy atom. The summed E-state index contributed by atoms with van der Waals surface area (Å²) in [6.45, 7) is 1.38. The Morgan fingerprint density at radius 3 is 2.95 bits per heavy atom. The first-order valence-corrected chi connectivity index (χ1v) is 7.02. The molecule has 0 radical (unpaired) electrons. The lowest BCUT2D eigenvalue weighted by Gasteiger charge is -2.26. The number of hydrogen-bond donors (Lipinski definition) is 1. The van der Waals surface area contributed by atoms with Crippen LogP contribution >= 0.6 is 11.6 Å². The fourth-order valence-corrected chi connectivity index (χ4v) is 2.65. The molecule has 1 atom stereocenters. The highest BCUT2D eigenvalue weighted by Crippen LogP contribution is 2.33. The largest absolute Gasteiger partial charge is 0.493 e. The van der Waals surface area contributed by atoms with E-state index in [4.69, 9.17) is 16.3 Å². The van der Waals surface area contributed by atoms with Crippen LogP contribution in [0.2, 0.25) is 5.02 Å². The van der Waals surface area contributed by atoms with Crippen molar-refractivity contribution in [2.24, 2.45) is 0 Å². The van der Waals surface area contributed by atoms with Crippen molar-refractivity contribution in [3.8, 4) is 5.75 Å². The smallest absolute Gasteiger partial charge is 0.147 e. The third-order valence-corrected chi connectivity index (χ3v) is 3.79. The van der Waals surface area contributed by atoms with Crippen LogP contribution in [0.1, 0.15) is 17.9 Å². The van der Waals surface area contributed by atoms with Gasteiger partial charge >= 0.3 is 0 Å².